The second-order valence-electron chi connectivity index (χ2n) is 3.33. The summed E-state index contributed by atoms with van der Waals surface area (Å²) in [5.41, 5.74) is 0. The quantitative estimate of drug-likeness (QED) is 0.779. The molecule has 1 aromatic rings. The Labute approximate surface area is 88.6 Å². The Balaban J connectivity index is 2.23. The van der Waals surface area contributed by atoms with E-state index in [-0.39, 0.29) is 5.78 Å². The number of hydrogen-bond acceptors (Lipinski definition) is 4. The predicted molar refractivity (Wildman–Crippen MR) is 58.6 cm³/mol. The number of ketones is 1. The van der Waals surface area contributed by atoms with E-state index in [1.807, 2.05) is 5.38 Å². The molecule has 0 radical (unpaired) electrons. The molecule has 0 amide bonds. The fourth-order valence-electron chi connectivity index (χ4n) is 1.00. The van der Waals surface area contributed by atoms with Crippen molar-refractivity contribution in [1.29, 1.82) is 0 Å². The van der Waals surface area contributed by atoms with Crippen LogP contribution in [0.1, 0.15) is 25.3 Å². The maximum atomic E-state index is 11.4. The maximum Gasteiger partial charge on any atom is 0.153 e. The third-order valence-corrected chi connectivity index (χ3v) is 2.87. The van der Waals surface area contributed by atoms with Crippen LogP contribution in [0.3, 0.4) is 0 Å². The molecular weight excluding hydrogens is 196 g/mol. The zero-order valence-electron chi connectivity index (χ0n) is 8.62. The molecule has 0 spiro atoms. The minimum absolute atomic E-state index is 0.209. The van der Waals surface area contributed by atoms with Crippen molar-refractivity contribution in [2.45, 2.75) is 32.7 Å². The third-order valence-electron chi connectivity index (χ3n) is 2.09. The highest BCUT2D eigenvalue weighted by molar-refractivity contribution is 7.09. The first kappa shape index (κ1) is 11.3. The van der Waals surface area contributed by atoms with Gasteiger partial charge in [0.25, 0.3) is 0 Å². The number of carbonyl (C=O) groups is 1. The van der Waals surface area contributed by atoms with Gasteiger partial charge in [-0.3, -0.25) is 4.79 Å². The lowest BCUT2D eigenvalue weighted by molar-refractivity contribution is -0.117. The number of rotatable bonds is 6. The van der Waals surface area contributed by atoms with Crippen LogP contribution < -0.4 is 5.32 Å². The summed E-state index contributed by atoms with van der Waals surface area (Å²) in [7, 11) is 0. The van der Waals surface area contributed by atoms with Crippen LogP contribution in [-0.2, 0) is 11.2 Å². The summed E-state index contributed by atoms with van der Waals surface area (Å²) >= 11 is 1.53. The van der Waals surface area contributed by atoms with E-state index in [4.69, 9.17) is 0 Å². The maximum absolute atomic E-state index is 11.4. The van der Waals surface area contributed by atoms with Gasteiger partial charge in [-0.1, -0.05) is 6.92 Å². The molecular formula is C10H16N2OS. The Morgan fingerprint density at radius 2 is 2.50 bits per heavy atom. The lowest BCUT2D eigenvalue weighted by Crippen LogP contribution is -2.31. The van der Waals surface area contributed by atoms with Gasteiger partial charge in [0.05, 0.1) is 18.0 Å². The van der Waals surface area contributed by atoms with Crippen LogP contribution >= 0.6 is 11.3 Å². The Hall–Kier alpha value is -0.740. The molecule has 0 saturated carbocycles. The number of hydrogen-bond donors (Lipinski definition) is 1. The minimum atomic E-state index is 0.209. The van der Waals surface area contributed by atoms with Crippen LogP contribution in [0.4, 0.5) is 0 Å². The van der Waals surface area contributed by atoms with Crippen molar-refractivity contribution in [2.24, 2.45) is 0 Å². The second-order valence-corrected chi connectivity index (χ2v) is 4.31. The van der Waals surface area contributed by atoms with Crippen LogP contribution in [-0.4, -0.2) is 23.4 Å². The Bertz CT molecular complexity index is 272. The highest BCUT2D eigenvalue weighted by Gasteiger charge is 2.06. The molecule has 3 nitrogen and oxygen atoms in total. The summed E-state index contributed by atoms with van der Waals surface area (Å²) in [5, 5.41) is 5.97. The molecule has 0 saturated heterocycles. The van der Waals surface area contributed by atoms with Gasteiger partial charge >= 0.3 is 0 Å². The van der Waals surface area contributed by atoms with Gasteiger partial charge in [-0.05, 0) is 13.3 Å². The van der Waals surface area contributed by atoms with Crippen LogP contribution in [0.5, 0.6) is 0 Å². The molecule has 1 N–H and O–H groups in total. The summed E-state index contributed by atoms with van der Waals surface area (Å²) in [4.78, 5) is 15.5. The average Bonchev–Trinajstić information content (AvgIpc) is 2.66. The molecule has 4 heteroatoms. The number of nitrogens with one attached hydrogen (secondary N) is 1. The first-order valence-electron chi connectivity index (χ1n) is 4.85. The molecule has 0 fully saturated rings. The highest BCUT2D eigenvalue weighted by Crippen LogP contribution is 2.04. The smallest absolute Gasteiger partial charge is 0.153 e. The summed E-state index contributed by atoms with van der Waals surface area (Å²) in [6.07, 6.45) is 3.24. The van der Waals surface area contributed by atoms with Gasteiger partial charge in [0.1, 0.15) is 0 Å². The molecule has 1 atom stereocenters. The molecule has 0 aliphatic carbocycles. The van der Waals surface area contributed by atoms with Crippen LogP contribution in [0.2, 0.25) is 0 Å². The van der Waals surface area contributed by atoms with Crippen molar-refractivity contribution in [1.82, 2.24) is 10.3 Å². The molecule has 78 valence electrons. The fourth-order valence-corrected chi connectivity index (χ4v) is 1.65. The summed E-state index contributed by atoms with van der Waals surface area (Å²) in [6, 6.07) is 0.412. The van der Waals surface area contributed by atoms with Crippen molar-refractivity contribution in [2.75, 3.05) is 6.54 Å². The van der Waals surface area contributed by atoms with Crippen molar-refractivity contribution in [3.8, 4) is 0 Å². The summed E-state index contributed by atoms with van der Waals surface area (Å²) in [6.45, 7) is 4.63. The molecule has 0 aliphatic heterocycles. The second kappa shape index (κ2) is 5.88. The van der Waals surface area contributed by atoms with E-state index in [0.717, 1.165) is 11.4 Å². The van der Waals surface area contributed by atoms with Gasteiger partial charge in [-0.2, -0.15) is 0 Å². The lowest BCUT2D eigenvalue weighted by Gasteiger charge is -2.09. The van der Waals surface area contributed by atoms with Crippen molar-refractivity contribution >= 4 is 17.1 Å². The standard InChI is InChI=1S/C10H16N2OS/c1-3-8(2)12-7-9(13)6-10-11-4-5-14-10/h4-5,8,12H,3,6-7H2,1-2H3. The van der Waals surface area contributed by atoms with Crippen LogP contribution in [0.15, 0.2) is 11.6 Å². The topological polar surface area (TPSA) is 42.0 Å². The van der Waals surface area contributed by atoms with E-state index >= 15 is 0 Å². The van der Waals surface area contributed by atoms with E-state index in [2.05, 4.69) is 24.1 Å². The van der Waals surface area contributed by atoms with Gasteiger partial charge in [0.2, 0.25) is 0 Å². The van der Waals surface area contributed by atoms with Crippen LogP contribution in [0, 0.1) is 0 Å². The largest absolute Gasteiger partial charge is 0.307 e. The van der Waals surface area contributed by atoms with Crippen molar-refractivity contribution in [3.05, 3.63) is 16.6 Å². The summed E-state index contributed by atoms with van der Waals surface area (Å²) in [5.74, 6) is 0.209. The van der Waals surface area contributed by atoms with Crippen molar-refractivity contribution < 1.29 is 4.79 Å². The minimum Gasteiger partial charge on any atom is -0.307 e. The molecule has 1 unspecified atom stereocenters. The first-order valence-corrected chi connectivity index (χ1v) is 5.73. The van der Waals surface area contributed by atoms with E-state index in [9.17, 15) is 4.79 Å². The number of nitrogens with zero attached hydrogens (tertiary/aromatic N) is 1. The number of aromatic nitrogens is 1. The van der Waals surface area contributed by atoms with Gasteiger partial charge in [0, 0.05) is 17.6 Å². The predicted octanol–water partition coefficient (Wildman–Crippen LogP) is 1.64. The normalized spacial score (nSPS) is 12.7. The zero-order chi connectivity index (χ0) is 10.4. The molecule has 0 aliphatic rings. The molecule has 0 bridgehead atoms. The molecule has 1 rings (SSSR count). The van der Waals surface area contributed by atoms with E-state index in [1.165, 1.54) is 11.3 Å². The molecule has 14 heavy (non-hydrogen) atoms. The first-order chi connectivity index (χ1) is 6.72. The van der Waals surface area contributed by atoms with Crippen molar-refractivity contribution in [3.63, 3.8) is 0 Å². The third kappa shape index (κ3) is 3.98. The van der Waals surface area contributed by atoms with Gasteiger partial charge in [-0.25, -0.2) is 4.98 Å². The SMILES string of the molecule is CCC(C)NCC(=O)Cc1nccs1. The van der Waals surface area contributed by atoms with E-state index in [1.54, 1.807) is 6.20 Å². The van der Waals surface area contributed by atoms with Gasteiger partial charge in [0.15, 0.2) is 5.78 Å². The molecule has 1 heterocycles. The lowest BCUT2D eigenvalue weighted by atomic mass is 10.2. The molecule has 0 aromatic carbocycles. The monoisotopic (exact) mass is 212 g/mol. The molecule has 1 aromatic heterocycles. The average molecular weight is 212 g/mol. The Morgan fingerprint density at radius 3 is 3.07 bits per heavy atom. The highest BCUT2D eigenvalue weighted by atomic mass is 32.1. The van der Waals surface area contributed by atoms with Gasteiger partial charge < -0.3 is 5.32 Å². The van der Waals surface area contributed by atoms with E-state index in [0.29, 0.717) is 19.0 Å². The van der Waals surface area contributed by atoms with E-state index < -0.39 is 0 Å². The van der Waals surface area contributed by atoms with Gasteiger partial charge in [-0.15, -0.1) is 11.3 Å². The Kier molecular flexibility index (Phi) is 4.76. The number of thiazole rings is 1. The Morgan fingerprint density at radius 1 is 1.71 bits per heavy atom. The number of Topliss-reactive ketones (excluding diaryl/α,β-unsaturated/α-hetero) is 1. The van der Waals surface area contributed by atoms with Crippen LogP contribution in [0.25, 0.3) is 0 Å². The summed E-state index contributed by atoms with van der Waals surface area (Å²) < 4.78 is 0. The zero-order valence-corrected chi connectivity index (χ0v) is 9.43. The fraction of sp³-hybridized carbons (Fsp3) is 0.600. The number of carbonyl (C=O) groups excluding carboxylic acids is 1.